The summed E-state index contributed by atoms with van der Waals surface area (Å²) in [6.45, 7) is 9.93. The van der Waals surface area contributed by atoms with Crippen LogP contribution in [0.1, 0.15) is 45.6 Å². The second-order valence-electron chi connectivity index (χ2n) is 8.84. The summed E-state index contributed by atoms with van der Waals surface area (Å²) in [5.41, 5.74) is 0.241. The lowest BCUT2D eigenvalue weighted by Gasteiger charge is -2.19. The molecule has 0 unspecified atom stereocenters. The van der Waals surface area contributed by atoms with Crippen molar-refractivity contribution in [1.29, 1.82) is 0 Å². The molecule has 2 heterocycles. The van der Waals surface area contributed by atoms with Gasteiger partial charge in [-0.2, -0.15) is 0 Å². The number of aromatic nitrogens is 3. The van der Waals surface area contributed by atoms with E-state index in [1.54, 1.807) is 25.1 Å². The first-order valence-corrected chi connectivity index (χ1v) is 13.8. The van der Waals surface area contributed by atoms with Crippen LogP contribution in [-0.4, -0.2) is 48.2 Å². The number of nitrogens with zero attached hydrogens (tertiary/aromatic N) is 3. The maximum Gasteiger partial charge on any atom is 0.407 e. The first-order chi connectivity index (χ1) is 17.0. The monoisotopic (exact) mass is 533 g/mol. The molecule has 0 fully saturated rings. The summed E-state index contributed by atoms with van der Waals surface area (Å²) < 4.78 is 36.9. The number of hydrogen-bond acceptors (Lipinski definition) is 10. The fraction of sp³-hybridized carbons (Fsp3) is 0.417. The van der Waals surface area contributed by atoms with Crippen molar-refractivity contribution in [3.8, 4) is 5.75 Å². The average Bonchev–Trinajstić information content (AvgIpc) is 3.25. The topological polar surface area (TPSA) is 132 Å². The number of hydrogen-bond donors (Lipinski definition) is 2. The summed E-state index contributed by atoms with van der Waals surface area (Å²) in [5.74, 6) is 1.56. The van der Waals surface area contributed by atoms with Crippen LogP contribution < -0.4 is 15.4 Å². The van der Waals surface area contributed by atoms with E-state index in [0.29, 0.717) is 48.5 Å². The van der Waals surface area contributed by atoms with Crippen molar-refractivity contribution >= 4 is 38.2 Å². The van der Waals surface area contributed by atoms with Gasteiger partial charge >= 0.3 is 6.09 Å². The highest BCUT2D eigenvalue weighted by Gasteiger charge is 2.22. The number of rotatable bonds is 10. The number of aryl methyl sites for hydroxylation is 2. The molecule has 12 heteroatoms. The Labute approximate surface area is 215 Å². The molecule has 0 atom stereocenters. The third-order valence-electron chi connectivity index (χ3n) is 4.58. The highest BCUT2D eigenvalue weighted by atomic mass is 32.2. The molecule has 2 aromatic heterocycles. The van der Waals surface area contributed by atoms with E-state index in [9.17, 15) is 13.2 Å². The van der Waals surface area contributed by atoms with Gasteiger partial charge in [0.1, 0.15) is 27.2 Å². The smallest absolute Gasteiger partial charge is 0.407 e. The number of thiazole rings is 1. The lowest BCUT2D eigenvalue weighted by molar-refractivity contribution is 0.0527. The van der Waals surface area contributed by atoms with Gasteiger partial charge in [-0.15, -0.1) is 0 Å². The SMILES string of the molecule is CCOc1cccc(S(=O)(=O)c2cnc(Nc3cc(CCCNC(=O)OC(C)(C)C)nc(C)n3)s2)c1. The molecule has 0 spiro atoms. The minimum atomic E-state index is -3.74. The Hall–Kier alpha value is -3.25. The van der Waals surface area contributed by atoms with Crippen LogP contribution in [0, 0.1) is 6.92 Å². The predicted molar refractivity (Wildman–Crippen MR) is 138 cm³/mol. The number of amides is 1. The lowest BCUT2D eigenvalue weighted by Crippen LogP contribution is -2.33. The lowest BCUT2D eigenvalue weighted by atomic mass is 10.2. The van der Waals surface area contributed by atoms with Gasteiger partial charge in [0.25, 0.3) is 0 Å². The van der Waals surface area contributed by atoms with Crippen LogP contribution in [-0.2, 0) is 21.0 Å². The number of nitrogens with one attached hydrogen (secondary N) is 2. The second kappa shape index (κ2) is 11.7. The molecule has 0 aliphatic rings. The molecule has 0 aliphatic heterocycles. The number of carbonyl (C=O) groups excluding carboxylic acids is 1. The summed E-state index contributed by atoms with van der Waals surface area (Å²) in [4.78, 5) is 24.9. The summed E-state index contributed by atoms with van der Waals surface area (Å²) in [6, 6.07) is 8.17. The average molecular weight is 534 g/mol. The van der Waals surface area contributed by atoms with E-state index in [2.05, 4.69) is 25.6 Å². The Balaban J connectivity index is 1.64. The van der Waals surface area contributed by atoms with E-state index in [1.165, 1.54) is 18.3 Å². The number of carbonyl (C=O) groups is 1. The van der Waals surface area contributed by atoms with E-state index in [0.717, 1.165) is 17.0 Å². The van der Waals surface area contributed by atoms with E-state index in [1.807, 2.05) is 27.7 Å². The van der Waals surface area contributed by atoms with Gasteiger partial charge in [0.15, 0.2) is 5.13 Å². The van der Waals surface area contributed by atoms with Crippen LogP contribution in [0.4, 0.5) is 15.7 Å². The van der Waals surface area contributed by atoms with Crippen LogP contribution >= 0.6 is 11.3 Å². The Morgan fingerprint density at radius 1 is 1.17 bits per heavy atom. The molecule has 3 aromatic rings. The molecular weight excluding hydrogens is 502 g/mol. The third kappa shape index (κ3) is 7.89. The predicted octanol–water partition coefficient (Wildman–Crippen LogP) is 4.67. The van der Waals surface area contributed by atoms with Crippen molar-refractivity contribution in [1.82, 2.24) is 20.3 Å². The normalized spacial score (nSPS) is 11.7. The van der Waals surface area contributed by atoms with E-state index in [-0.39, 0.29) is 9.10 Å². The van der Waals surface area contributed by atoms with Gasteiger partial charge in [-0.3, -0.25) is 0 Å². The Kier molecular flexibility index (Phi) is 8.85. The van der Waals surface area contributed by atoms with Crippen LogP contribution in [0.2, 0.25) is 0 Å². The number of ether oxygens (including phenoxy) is 2. The minimum Gasteiger partial charge on any atom is -0.494 e. The Morgan fingerprint density at radius 3 is 2.67 bits per heavy atom. The van der Waals surface area contributed by atoms with Crippen molar-refractivity contribution in [3.05, 3.63) is 48.0 Å². The van der Waals surface area contributed by atoms with E-state index in [4.69, 9.17) is 9.47 Å². The molecular formula is C24H31N5O5S2. The van der Waals surface area contributed by atoms with Crippen LogP contribution in [0.15, 0.2) is 45.6 Å². The van der Waals surface area contributed by atoms with Crippen molar-refractivity contribution in [2.24, 2.45) is 0 Å². The minimum absolute atomic E-state index is 0.109. The summed E-state index contributed by atoms with van der Waals surface area (Å²) in [6.07, 6.45) is 2.15. The van der Waals surface area contributed by atoms with Gasteiger partial charge in [0.05, 0.1) is 17.7 Å². The quantitative estimate of drug-likeness (QED) is 0.357. The van der Waals surface area contributed by atoms with Crippen LogP contribution in [0.5, 0.6) is 5.75 Å². The van der Waals surface area contributed by atoms with Crippen LogP contribution in [0.25, 0.3) is 0 Å². The Morgan fingerprint density at radius 2 is 1.94 bits per heavy atom. The molecule has 10 nitrogen and oxygen atoms in total. The number of benzene rings is 1. The molecule has 0 radical (unpaired) electrons. The zero-order valence-corrected chi connectivity index (χ0v) is 22.6. The third-order valence-corrected chi connectivity index (χ3v) is 7.71. The summed E-state index contributed by atoms with van der Waals surface area (Å²) >= 11 is 1.02. The summed E-state index contributed by atoms with van der Waals surface area (Å²) in [7, 11) is -3.74. The van der Waals surface area contributed by atoms with Crippen molar-refractivity contribution in [2.75, 3.05) is 18.5 Å². The van der Waals surface area contributed by atoms with Crippen molar-refractivity contribution in [2.45, 2.75) is 62.2 Å². The van der Waals surface area contributed by atoms with Gasteiger partial charge in [0, 0.05) is 18.3 Å². The van der Waals surface area contributed by atoms with E-state index >= 15 is 0 Å². The maximum atomic E-state index is 13.1. The fourth-order valence-electron chi connectivity index (χ4n) is 3.16. The molecule has 0 bridgehead atoms. The molecule has 0 saturated carbocycles. The highest BCUT2D eigenvalue weighted by molar-refractivity contribution is 7.93. The van der Waals surface area contributed by atoms with Crippen molar-refractivity contribution in [3.63, 3.8) is 0 Å². The van der Waals surface area contributed by atoms with Gasteiger partial charge < -0.3 is 20.1 Å². The molecule has 2 N–H and O–H groups in total. The molecule has 36 heavy (non-hydrogen) atoms. The molecule has 0 aliphatic carbocycles. The maximum absolute atomic E-state index is 13.1. The Bertz CT molecular complexity index is 1300. The number of sulfone groups is 1. The largest absolute Gasteiger partial charge is 0.494 e. The second-order valence-corrected chi connectivity index (χ2v) is 12.1. The van der Waals surface area contributed by atoms with Crippen LogP contribution in [0.3, 0.4) is 0 Å². The van der Waals surface area contributed by atoms with E-state index < -0.39 is 21.5 Å². The molecule has 1 amide bonds. The van der Waals surface area contributed by atoms with Gasteiger partial charge in [0.2, 0.25) is 9.84 Å². The zero-order valence-electron chi connectivity index (χ0n) is 21.0. The molecule has 3 rings (SSSR count). The van der Waals surface area contributed by atoms with Gasteiger partial charge in [-0.1, -0.05) is 17.4 Å². The first-order valence-electron chi connectivity index (χ1n) is 11.5. The summed E-state index contributed by atoms with van der Waals surface area (Å²) in [5, 5.41) is 6.19. The fourth-order valence-corrected chi connectivity index (χ4v) is 5.63. The number of alkyl carbamates (subject to hydrolysis) is 1. The molecule has 194 valence electrons. The van der Waals surface area contributed by atoms with Gasteiger partial charge in [-0.25, -0.2) is 28.2 Å². The molecule has 0 saturated heterocycles. The molecule has 1 aromatic carbocycles. The van der Waals surface area contributed by atoms with Crippen molar-refractivity contribution < 1.29 is 22.7 Å². The van der Waals surface area contributed by atoms with Gasteiger partial charge in [-0.05, 0) is 65.7 Å². The standard InChI is InChI=1S/C24H31N5O5S2/c1-6-33-18-10-7-11-19(14-18)36(31,32)21-15-26-22(35-21)29-20-13-17(27-16(2)28-20)9-8-12-25-23(30)34-24(3,4)5/h7,10-11,13-15H,6,8-9,12H2,1-5H3,(H,25,30)(H,26,27,28,29). The first kappa shape index (κ1) is 27.3. The highest BCUT2D eigenvalue weighted by Crippen LogP contribution is 2.31. The zero-order chi connectivity index (χ0) is 26.3. The number of anilines is 2.